The molecule has 1 saturated carbocycles. The predicted octanol–water partition coefficient (Wildman–Crippen LogP) is 2.82. The van der Waals surface area contributed by atoms with Crippen molar-refractivity contribution in [1.82, 2.24) is 4.90 Å². The maximum atomic E-state index is 11.7. The van der Waals surface area contributed by atoms with E-state index < -0.39 is 0 Å². The summed E-state index contributed by atoms with van der Waals surface area (Å²) < 4.78 is 10.7. The van der Waals surface area contributed by atoms with Crippen LogP contribution in [0.1, 0.15) is 37.3 Å². The Kier molecular flexibility index (Phi) is 3.89. The number of fused-ring (bicyclic) bond motifs is 1. The molecule has 1 aromatic rings. The number of Topliss-reactive ketones (excluding diaryl/α,β-unsaturated/α-hetero) is 1. The normalized spacial score (nSPS) is 29.3. The van der Waals surface area contributed by atoms with E-state index in [-0.39, 0.29) is 0 Å². The molecule has 0 aromatic heterocycles. The zero-order valence-corrected chi connectivity index (χ0v) is 13.0. The Labute approximate surface area is 126 Å². The summed E-state index contributed by atoms with van der Waals surface area (Å²) in [5.41, 5.74) is 1.25. The number of benzene rings is 1. The number of carbonyl (C=O) groups excluding carboxylic acids is 1. The molecular formula is C17H23NO3. The molecule has 4 nitrogen and oxygen atoms in total. The molecule has 1 aromatic carbocycles. The maximum absolute atomic E-state index is 11.7. The Hall–Kier alpha value is -1.55. The van der Waals surface area contributed by atoms with E-state index in [4.69, 9.17) is 9.47 Å². The fraction of sp³-hybridized carbons (Fsp3) is 0.588. The standard InChI is InChI=1S/C17H23NO3/c1-18-14(8-11-4-6-13(19)10-15(11)18)12-5-7-16(20-2)17(9-12)21-3/h5,7,9,11,14-15H,4,6,8,10H2,1-3H3. The largest absolute Gasteiger partial charge is 0.493 e. The lowest BCUT2D eigenvalue weighted by atomic mass is 9.83. The van der Waals surface area contributed by atoms with Gasteiger partial charge in [-0.1, -0.05) is 6.07 Å². The zero-order chi connectivity index (χ0) is 15.0. The van der Waals surface area contributed by atoms with Gasteiger partial charge in [0.15, 0.2) is 11.5 Å². The van der Waals surface area contributed by atoms with Crippen LogP contribution in [-0.4, -0.2) is 38.0 Å². The molecule has 114 valence electrons. The molecule has 1 heterocycles. The summed E-state index contributed by atoms with van der Waals surface area (Å²) in [5.74, 6) is 2.59. The first kappa shape index (κ1) is 14.4. The van der Waals surface area contributed by atoms with Crippen molar-refractivity contribution in [2.45, 2.75) is 37.8 Å². The van der Waals surface area contributed by atoms with Crippen LogP contribution in [0.4, 0.5) is 0 Å². The van der Waals surface area contributed by atoms with Gasteiger partial charge in [-0.2, -0.15) is 0 Å². The van der Waals surface area contributed by atoms with Gasteiger partial charge in [0.1, 0.15) is 5.78 Å². The minimum Gasteiger partial charge on any atom is -0.493 e. The highest BCUT2D eigenvalue weighted by Crippen LogP contribution is 2.45. The van der Waals surface area contributed by atoms with Crippen LogP contribution in [0.15, 0.2) is 18.2 Å². The molecule has 4 heteroatoms. The molecule has 3 rings (SSSR count). The van der Waals surface area contributed by atoms with Crippen LogP contribution in [0.25, 0.3) is 0 Å². The Bertz CT molecular complexity index is 543. The third kappa shape index (κ3) is 2.53. The Morgan fingerprint density at radius 2 is 1.95 bits per heavy atom. The Morgan fingerprint density at radius 3 is 2.67 bits per heavy atom. The third-order valence-electron chi connectivity index (χ3n) is 5.11. The average Bonchev–Trinajstić information content (AvgIpc) is 2.83. The third-order valence-corrected chi connectivity index (χ3v) is 5.11. The van der Waals surface area contributed by atoms with Crippen LogP contribution >= 0.6 is 0 Å². The minimum absolute atomic E-state index is 0.366. The van der Waals surface area contributed by atoms with E-state index in [1.807, 2.05) is 6.07 Å². The number of ketones is 1. The van der Waals surface area contributed by atoms with E-state index in [0.717, 1.165) is 30.8 Å². The van der Waals surface area contributed by atoms with Gasteiger partial charge in [-0.05, 0) is 43.5 Å². The Morgan fingerprint density at radius 1 is 1.19 bits per heavy atom. The molecule has 0 spiro atoms. The van der Waals surface area contributed by atoms with Gasteiger partial charge in [0.2, 0.25) is 0 Å². The van der Waals surface area contributed by atoms with Gasteiger partial charge in [0.25, 0.3) is 0 Å². The number of carbonyl (C=O) groups is 1. The second-order valence-corrected chi connectivity index (χ2v) is 6.14. The SMILES string of the molecule is COc1ccc(C2CC3CCC(=O)CC3N2C)cc1OC. The van der Waals surface area contributed by atoms with E-state index >= 15 is 0 Å². The number of methoxy groups -OCH3 is 2. The van der Waals surface area contributed by atoms with Crippen LogP contribution in [0, 0.1) is 5.92 Å². The quantitative estimate of drug-likeness (QED) is 0.857. The van der Waals surface area contributed by atoms with Crippen molar-refractivity contribution in [3.05, 3.63) is 23.8 Å². The maximum Gasteiger partial charge on any atom is 0.161 e. The predicted molar refractivity (Wildman–Crippen MR) is 80.8 cm³/mol. The number of rotatable bonds is 3. The van der Waals surface area contributed by atoms with E-state index in [2.05, 4.69) is 24.1 Å². The lowest BCUT2D eigenvalue weighted by Crippen LogP contribution is -2.35. The highest BCUT2D eigenvalue weighted by molar-refractivity contribution is 5.80. The number of ether oxygens (including phenoxy) is 2. The van der Waals surface area contributed by atoms with Gasteiger partial charge >= 0.3 is 0 Å². The topological polar surface area (TPSA) is 38.8 Å². The molecule has 3 unspecified atom stereocenters. The van der Waals surface area contributed by atoms with Gasteiger partial charge in [-0.25, -0.2) is 0 Å². The summed E-state index contributed by atoms with van der Waals surface area (Å²) in [6.07, 6.45) is 3.64. The van der Waals surface area contributed by atoms with Gasteiger partial charge in [0, 0.05) is 24.9 Å². The van der Waals surface area contributed by atoms with Gasteiger partial charge in [-0.15, -0.1) is 0 Å². The lowest BCUT2D eigenvalue weighted by molar-refractivity contribution is -0.122. The van der Waals surface area contributed by atoms with Crippen LogP contribution in [0.5, 0.6) is 11.5 Å². The van der Waals surface area contributed by atoms with Crippen LogP contribution < -0.4 is 9.47 Å². The average molecular weight is 289 g/mol. The summed E-state index contributed by atoms with van der Waals surface area (Å²) >= 11 is 0. The van der Waals surface area contributed by atoms with E-state index in [9.17, 15) is 4.79 Å². The molecule has 0 amide bonds. The van der Waals surface area contributed by atoms with Crippen LogP contribution in [0.3, 0.4) is 0 Å². The zero-order valence-electron chi connectivity index (χ0n) is 13.0. The second kappa shape index (κ2) is 5.68. The minimum atomic E-state index is 0.366. The second-order valence-electron chi connectivity index (χ2n) is 6.14. The van der Waals surface area contributed by atoms with Crippen LogP contribution in [0.2, 0.25) is 0 Å². The summed E-state index contributed by atoms with van der Waals surface area (Å²) in [6, 6.07) is 6.92. The van der Waals surface area contributed by atoms with Crippen molar-refractivity contribution in [2.75, 3.05) is 21.3 Å². The fourth-order valence-corrected chi connectivity index (χ4v) is 3.91. The molecule has 1 aliphatic heterocycles. The Balaban J connectivity index is 1.86. The highest BCUT2D eigenvalue weighted by Gasteiger charge is 2.42. The summed E-state index contributed by atoms with van der Waals surface area (Å²) in [7, 11) is 5.46. The van der Waals surface area contributed by atoms with Crippen molar-refractivity contribution in [3.63, 3.8) is 0 Å². The molecule has 21 heavy (non-hydrogen) atoms. The number of hydrogen-bond acceptors (Lipinski definition) is 4. The van der Waals surface area contributed by atoms with Gasteiger partial charge < -0.3 is 9.47 Å². The molecule has 2 fully saturated rings. The number of hydrogen-bond donors (Lipinski definition) is 0. The van der Waals surface area contributed by atoms with E-state index in [1.165, 1.54) is 5.56 Å². The van der Waals surface area contributed by atoms with Gasteiger partial charge in [-0.3, -0.25) is 9.69 Å². The molecule has 0 N–H and O–H groups in total. The molecule has 1 aliphatic carbocycles. The molecule has 3 atom stereocenters. The van der Waals surface area contributed by atoms with Gasteiger partial charge in [0.05, 0.1) is 14.2 Å². The summed E-state index contributed by atoms with van der Waals surface area (Å²) in [6.45, 7) is 0. The van der Waals surface area contributed by atoms with Crippen molar-refractivity contribution in [1.29, 1.82) is 0 Å². The molecule has 2 aliphatic rings. The van der Waals surface area contributed by atoms with E-state index in [0.29, 0.717) is 30.2 Å². The van der Waals surface area contributed by atoms with Crippen LogP contribution in [-0.2, 0) is 4.79 Å². The first-order chi connectivity index (χ1) is 10.1. The van der Waals surface area contributed by atoms with Crippen molar-refractivity contribution >= 4 is 5.78 Å². The fourth-order valence-electron chi connectivity index (χ4n) is 3.91. The summed E-state index contributed by atoms with van der Waals surface area (Å²) in [4.78, 5) is 14.1. The number of nitrogens with zero attached hydrogens (tertiary/aromatic N) is 1. The first-order valence-corrected chi connectivity index (χ1v) is 7.59. The van der Waals surface area contributed by atoms with Crippen molar-refractivity contribution < 1.29 is 14.3 Å². The van der Waals surface area contributed by atoms with E-state index in [1.54, 1.807) is 14.2 Å². The van der Waals surface area contributed by atoms with Crippen molar-refractivity contribution in [3.8, 4) is 11.5 Å². The smallest absolute Gasteiger partial charge is 0.161 e. The molecule has 1 saturated heterocycles. The molecule has 0 radical (unpaired) electrons. The molecular weight excluding hydrogens is 266 g/mol. The van der Waals surface area contributed by atoms with Crippen molar-refractivity contribution in [2.24, 2.45) is 5.92 Å². The lowest BCUT2D eigenvalue weighted by Gasteiger charge is -2.30. The highest BCUT2D eigenvalue weighted by atomic mass is 16.5. The summed E-state index contributed by atoms with van der Waals surface area (Å²) in [5, 5.41) is 0. The first-order valence-electron chi connectivity index (χ1n) is 7.59. The number of likely N-dealkylation sites (tertiary alicyclic amines) is 1. The monoisotopic (exact) mass is 289 g/mol. The molecule has 0 bridgehead atoms.